The maximum Gasteiger partial charge on any atom is 0.135 e. The molecule has 0 amide bonds. The van der Waals surface area contributed by atoms with Crippen molar-refractivity contribution in [2.45, 2.75) is 19.8 Å². The molecule has 0 aliphatic heterocycles. The van der Waals surface area contributed by atoms with E-state index < -0.39 is 0 Å². The predicted molar refractivity (Wildman–Crippen MR) is 71.6 cm³/mol. The van der Waals surface area contributed by atoms with E-state index in [9.17, 15) is 4.39 Å². The average Bonchev–Trinajstić information content (AvgIpc) is 2.42. The molecule has 0 unspecified atom stereocenters. The normalized spacial score (nSPS) is 9.84. The highest BCUT2D eigenvalue weighted by Gasteiger charge is 2.03. The summed E-state index contributed by atoms with van der Waals surface area (Å²) in [5, 5.41) is 8.66. The Morgan fingerprint density at radius 3 is 2.84 bits per heavy atom. The fourth-order valence-electron chi connectivity index (χ4n) is 1.42. The lowest BCUT2D eigenvalue weighted by Crippen LogP contribution is -2.08. The molecule has 0 aromatic heterocycles. The van der Waals surface area contributed by atoms with Crippen molar-refractivity contribution in [3.8, 4) is 17.6 Å². The molecule has 0 saturated heterocycles. The molecule has 3 nitrogen and oxygen atoms in total. The Hall–Kier alpha value is -1.57. The lowest BCUT2D eigenvalue weighted by Gasteiger charge is -2.08. The quantitative estimate of drug-likeness (QED) is 0.608. The molecule has 1 aromatic carbocycles. The van der Waals surface area contributed by atoms with Crippen LogP contribution in [0.3, 0.4) is 0 Å². The van der Waals surface area contributed by atoms with Crippen molar-refractivity contribution in [3.63, 3.8) is 0 Å². The number of benzene rings is 1. The summed E-state index contributed by atoms with van der Waals surface area (Å²) in [6.45, 7) is 3.44. The summed E-state index contributed by atoms with van der Waals surface area (Å²) >= 11 is 0. The Bertz CT molecular complexity index is 435. The zero-order chi connectivity index (χ0) is 13.9. The monoisotopic (exact) mass is 266 g/mol. The summed E-state index contributed by atoms with van der Waals surface area (Å²) in [5.74, 6) is 5.26. The summed E-state index contributed by atoms with van der Waals surface area (Å²) < 4.78 is 24.0. The molecule has 0 heterocycles. The molecule has 0 aliphatic carbocycles. The van der Waals surface area contributed by atoms with Crippen LogP contribution in [0, 0.1) is 17.7 Å². The lowest BCUT2D eigenvalue weighted by molar-refractivity contribution is 0.0979. The van der Waals surface area contributed by atoms with Crippen molar-refractivity contribution in [3.05, 3.63) is 29.6 Å². The first kappa shape index (κ1) is 15.5. The van der Waals surface area contributed by atoms with Gasteiger partial charge in [0.1, 0.15) is 24.8 Å². The van der Waals surface area contributed by atoms with Gasteiger partial charge in [-0.2, -0.15) is 0 Å². The van der Waals surface area contributed by atoms with E-state index in [0.717, 1.165) is 19.4 Å². The van der Waals surface area contributed by atoms with Crippen LogP contribution >= 0.6 is 0 Å². The second-order valence-corrected chi connectivity index (χ2v) is 3.91. The molecule has 1 rings (SSSR count). The summed E-state index contributed by atoms with van der Waals surface area (Å²) in [6, 6.07) is 4.14. The molecule has 0 aliphatic rings. The summed E-state index contributed by atoms with van der Waals surface area (Å²) in [6.07, 6.45) is 2.13. The molecule has 104 valence electrons. The fraction of sp³-hybridized carbons (Fsp3) is 0.467. The minimum absolute atomic E-state index is 0.268. The fourth-order valence-corrected chi connectivity index (χ4v) is 1.42. The number of aliphatic hydroxyl groups excluding tert-OH is 1. The number of ether oxygens (including phenoxy) is 2. The van der Waals surface area contributed by atoms with E-state index in [4.69, 9.17) is 14.6 Å². The maximum absolute atomic E-state index is 13.1. The molecule has 0 spiro atoms. The molecule has 4 heteroatoms. The minimum atomic E-state index is -0.381. The number of unbranched alkanes of at least 4 members (excludes halogenated alkanes) is 1. The summed E-state index contributed by atoms with van der Waals surface area (Å²) in [7, 11) is 0. The first-order valence-corrected chi connectivity index (χ1v) is 6.37. The van der Waals surface area contributed by atoms with Gasteiger partial charge < -0.3 is 14.6 Å². The Labute approximate surface area is 113 Å². The van der Waals surface area contributed by atoms with Gasteiger partial charge in [0.2, 0.25) is 0 Å². The van der Waals surface area contributed by atoms with Gasteiger partial charge in [-0.25, -0.2) is 4.39 Å². The molecule has 1 aromatic rings. The van der Waals surface area contributed by atoms with Gasteiger partial charge in [-0.1, -0.05) is 25.2 Å². The van der Waals surface area contributed by atoms with Crippen molar-refractivity contribution >= 4 is 0 Å². The Morgan fingerprint density at radius 1 is 1.26 bits per heavy atom. The second kappa shape index (κ2) is 9.37. The van der Waals surface area contributed by atoms with E-state index in [1.54, 1.807) is 0 Å². The second-order valence-electron chi connectivity index (χ2n) is 3.91. The molecule has 0 fully saturated rings. The van der Waals surface area contributed by atoms with E-state index in [1.165, 1.54) is 18.2 Å². The number of hydrogen-bond donors (Lipinski definition) is 1. The SMILES string of the molecule is CCCCOCCOc1ccc(F)cc1C#CCO. The van der Waals surface area contributed by atoms with Crippen molar-refractivity contribution in [2.24, 2.45) is 0 Å². The Kier molecular flexibility index (Phi) is 7.64. The highest BCUT2D eigenvalue weighted by molar-refractivity contribution is 5.46. The molecule has 0 radical (unpaired) electrons. The largest absolute Gasteiger partial charge is 0.490 e. The van der Waals surface area contributed by atoms with Crippen LogP contribution in [0.15, 0.2) is 18.2 Å². The maximum atomic E-state index is 13.1. The molecule has 19 heavy (non-hydrogen) atoms. The molecule has 0 saturated carbocycles. The van der Waals surface area contributed by atoms with Crippen molar-refractivity contribution in [2.75, 3.05) is 26.4 Å². The zero-order valence-electron chi connectivity index (χ0n) is 11.1. The van der Waals surface area contributed by atoms with Gasteiger partial charge in [-0.05, 0) is 24.6 Å². The smallest absolute Gasteiger partial charge is 0.135 e. The first-order chi connectivity index (χ1) is 9.27. The van der Waals surface area contributed by atoms with Gasteiger partial charge in [-0.3, -0.25) is 0 Å². The van der Waals surface area contributed by atoms with Gasteiger partial charge in [0.05, 0.1) is 12.2 Å². The third-order valence-corrected chi connectivity index (χ3v) is 2.37. The summed E-state index contributed by atoms with van der Waals surface area (Å²) in [4.78, 5) is 0. The van der Waals surface area contributed by atoms with Gasteiger partial charge in [0.15, 0.2) is 0 Å². The molecule has 1 N–H and O–H groups in total. The topological polar surface area (TPSA) is 38.7 Å². The Balaban J connectivity index is 2.48. The predicted octanol–water partition coefficient (Wildman–Crippen LogP) is 2.37. The van der Waals surface area contributed by atoms with E-state index in [0.29, 0.717) is 24.5 Å². The van der Waals surface area contributed by atoms with Crippen LogP contribution in [0.2, 0.25) is 0 Å². The van der Waals surface area contributed by atoms with E-state index in [2.05, 4.69) is 18.8 Å². The van der Waals surface area contributed by atoms with Gasteiger partial charge in [0, 0.05) is 6.61 Å². The lowest BCUT2D eigenvalue weighted by atomic mass is 10.2. The van der Waals surface area contributed by atoms with Crippen LogP contribution in [-0.4, -0.2) is 31.5 Å². The number of rotatable bonds is 7. The van der Waals surface area contributed by atoms with Gasteiger partial charge >= 0.3 is 0 Å². The van der Waals surface area contributed by atoms with E-state index in [-0.39, 0.29) is 12.4 Å². The third kappa shape index (κ3) is 6.23. The highest BCUT2D eigenvalue weighted by atomic mass is 19.1. The zero-order valence-corrected chi connectivity index (χ0v) is 11.1. The van der Waals surface area contributed by atoms with Crippen molar-refractivity contribution in [1.82, 2.24) is 0 Å². The van der Waals surface area contributed by atoms with Crippen LogP contribution in [0.5, 0.6) is 5.75 Å². The highest BCUT2D eigenvalue weighted by Crippen LogP contribution is 2.18. The molecular weight excluding hydrogens is 247 g/mol. The molecule has 0 bridgehead atoms. The van der Waals surface area contributed by atoms with Gasteiger partial charge in [-0.15, -0.1) is 0 Å². The molecular formula is C15H19FO3. The van der Waals surface area contributed by atoms with E-state index >= 15 is 0 Å². The number of hydrogen-bond acceptors (Lipinski definition) is 3. The standard InChI is InChI=1S/C15H19FO3/c1-2-3-9-18-10-11-19-15-7-6-14(16)12-13(15)5-4-8-17/h6-7,12,17H,2-3,8-11H2,1H3. The van der Waals surface area contributed by atoms with Crippen LogP contribution in [0.4, 0.5) is 4.39 Å². The number of aliphatic hydroxyl groups is 1. The van der Waals surface area contributed by atoms with Crippen LogP contribution < -0.4 is 4.74 Å². The van der Waals surface area contributed by atoms with Gasteiger partial charge in [0.25, 0.3) is 0 Å². The van der Waals surface area contributed by atoms with Crippen LogP contribution in [-0.2, 0) is 4.74 Å². The van der Waals surface area contributed by atoms with Crippen molar-refractivity contribution in [1.29, 1.82) is 0 Å². The minimum Gasteiger partial charge on any atom is -0.490 e. The molecule has 0 atom stereocenters. The number of halogens is 1. The third-order valence-electron chi connectivity index (χ3n) is 2.37. The van der Waals surface area contributed by atoms with Crippen molar-refractivity contribution < 1.29 is 19.0 Å². The first-order valence-electron chi connectivity index (χ1n) is 6.37. The van der Waals surface area contributed by atoms with Crippen LogP contribution in [0.25, 0.3) is 0 Å². The van der Waals surface area contributed by atoms with Crippen LogP contribution in [0.1, 0.15) is 25.3 Å². The Morgan fingerprint density at radius 2 is 2.11 bits per heavy atom. The summed E-state index contributed by atoms with van der Waals surface area (Å²) in [5.41, 5.74) is 0.433. The average molecular weight is 266 g/mol. The van der Waals surface area contributed by atoms with E-state index in [1.807, 2.05) is 0 Å².